The van der Waals surface area contributed by atoms with Crippen LogP contribution in [0.3, 0.4) is 0 Å². The van der Waals surface area contributed by atoms with E-state index in [1.165, 1.54) is 0 Å². The highest BCUT2D eigenvalue weighted by atomic mass is 35.5. The van der Waals surface area contributed by atoms with Crippen LogP contribution in [0.25, 0.3) is 10.9 Å². The van der Waals surface area contributed by atoms with Crippen molar-refractivity contribution < 1.29 is 9.59 Å². The fourth-order valence-electron chi connectivity index (χ4n) is 3.52. The molecule has 0 atom stereocenters. The Morgan fingerprint density at radius 2 is 1.83 bits per heavy atom. The van der Waals surface area contributed by atoms with Gasteiger partial charge in [-0.3, -0.25) is 19.6 Å². The maximum absolute atomic E-state index is 12.8. The third-order valence-electron chi connectivity index (χ3n) is 5.19. The summed E-state index contributed by atoms with van der Waals surface area (Å²) in [6, 6.07) is 12.6. The fourth-order valence-corrected chi connectivity index (χ4v) is 3.85. The number of carbonyl (C=O) groups excluding carboxylic acids is 2. The highest BCUT2D eigenvalue weighted by Gasteiger charge is 2.25. The number of nitrogens with zero attached hydrogens (tertiary/aromatic N) is 3. The first-order valence-corrected chi connectivity index (χ1v) is 10.5. The van der Waals surface area contributed by atoms with E-state index in [0.29, 0.717) is 60.6 Å². The van der Waals surface area contributed by atoms with E-state index in [-0.39, 0.29) is 11.8 Å². The summed E-state index contributed by atoms with van der Waals surface area (Å²) < 4.78 is 0. The summed E-state index contributed by atoms with van der Waals surface area (Å²) in [6.45, 7) is 3.22. The monoisotopic (exact) mass is 445 g/mol. The van der Waals surface area contributed by atoms with Crippen molar-refractivity contribution in [1.29, 1.82) is 0 Å². The minimum Gasteiger partial charge on any atom is -0.335 e. The van der Waals surface area contributed by atoms with Gasteiger partial charge in [-0.15, -0.1) is 0 Å². The Hall–Kier alpha value is -2.61. The second-order valence-corrected chi connectivity index (χ2v) is 8.02. The number of carbonyl (C=O) groups is 2. The highest BCUT2D eigenvalue weighted by Crippen LogP contribution is 2.25. The van der Waals surface area contributed by atoms with Crippen molar-refractivity contribution in [2.75, 3.05) is 38.0 Å². The van der Waals surface area contributed by atoms with E-state index in [2.05, 4.69) is 20.4 Å². The minimum absolute atomic E-state index is 0.0690. The summed E-state index contributed by atoms with van der Waals surface area (Å²) in [5, 5.41) is 11.7. The number of aromatic amines is 1. The van der Waals surface area contributed by atoms with Gasteiger partial charge < -0.3 is 10.2 Å². The number of fused-ring (bicyclic) bond motifs is 1. The van der Waals surface area contributed by atoms with Crippen LogP contribution in [-0.2, 0) is 4.79 Å². The van der Waals surface area contributed by atoms with E-state index in [4.69, 9.17) is 23.2 Å². The Kier molecular flexibility index (Phi) is 6.22. The summed E-state index contributed by atoms with van der Waals surface area (Å²) in [4.78, 5) is 29.1. The lowest BCUT2D eigenvalue weighted by molar-refractivity contribution is -0.116. The number of aromatic nitrogens is 2. The molecule has 0 radical (unpaired) electrons. The second kappa shape index (κ2) is 9.04. The highest BCUT2D eigenvalue weighted by molar-refractivity contribution is 6.35. The Bertz CT molecular complexity index is 1080. The van der Waals surface area contributed by atoms with Crippen molar-refractivity contribution in [2.24, 2.45) is 0 Å². The fraction of sp³-hybridized carbons (Fsp3) is 0.286. The molecule has 9 heteroatoms. The average molecular weight is 446 g/mol. The van der Waals surface area contributed by atoms with Crippen LogP contribution in [0.15, 0.2) is 42.5 Å². The van der Waals surface area contributed by atoms with Crippen LogP contribution in [0, 0.1) is 0 Å². The van der Waals surface area contributed by atoms with Crippen LogP contribution in [-0.4, -0.2) is 64.5 Å². The smallest absolute Gasteiger partial charge is 0.275 e. The summed E-state index contributed by atoms with van der Waals surface area (Å²) in [6.07, 6.45) is 0.334. The van der Waals surface area contributed by atoms with Gasteiger partial charge in [-0.05, 0) is 24.3 Å². The molecular weight excluding hydrogens is 425 g/mol. The van der Waals surface area contributed by atoms with Crippen LogP contribution >= 0.6 is 23.2 Å². The molecule has 156 valence electrons. The Labute approximate surface area is 183 Å². The molecule has 2 heterocycles. The standard InChI is InChI=1S/C21H21Cl2N5O2/c22-14-5-6-16(23)18(13-14)24-19(29)7-8-27-9-11-28(12-10-27)21(30)20-15-3-1-2-4-17(15)25-26-20/h1-6,13H,7-12H2,(H,24,29)(H,25,26). The van der Waals surface area contributed by atoms with Crippen LogP contribution in [0.4, 0.5) is 5.69 Å². The van der Waals surface area contributed by atoms with Crippen LogP contribution < -0.4 is 5.32 Å². The average Bonchev–Trinajstić information content (AvgIpc) is 3.19. The molecule has 4 rings (SSSR count). The molecule has 30 heavy (non-hydrogen) atoms. The van der Waals surface area contributed by atoms with E-state index in [9.17, 15) is 9.59 Å². The van der Waals surface area contributed by atoms with Gasteiger partial charge in [-0.25, -0.2) is 0 Å². The number of nitrogens with one attached hydrogen (secondary N) is 2. The van der Waals surface area contributed by atoms with Gasteiger partial charge in [-0.1, -0.05) is 41.4 Å². The second-order valence-electron chi connectivity index (χ2n) is 7.17. The molecule has 0 aliphatic carbocycles. The molecule has 1 saturated heterocycles. The molecule has 1 aliphatic heterocycles. The number of hydrogen-bond donors (Lipinski definition) is 2. The van der Waals surface area contributed by atoms with E-state index in [0.717, 1.165) is 10.9 Å². The number of para-hydroxylation sites is 1. The first-order chi connectivity index (χ1) is 14.5. The Morgan fingerprint density at radius 3 is 2.63 bits per heavy atom. The summed E-state index contributed by atoms with van der Waals surface area (Å²) >= 11 is 12.0. The van der Waals surface area contributed by atoms with Crippen molar-refractivity contribution >= 4 is 51.6 Å². The van der Waals surface area contributed by atoms with E-state index in [1.807, 2.05) is 29.2 Å². The zero-order chi connectivity index (χ0) is 21.1. The molecule has 2 amide bonds. The summed E-state index contributed by atoms with van der Waals surface area (Å²) in [5.41, 5.74) is 1.82. The van der Waals surface area contributed by atoms with Crippen molar-refractivity contribution in [3.8, 4) is 0 Å². The lowest BCUT2D eigenvalue weighted by Gasteiger charge is -2.34. The topological polar surface area (TPSA) is 81.3 Å². The molecule has 0 unspecified atom stereocenters. The molecule has 2 N–H and O–H groups in total. The van der Waals surface area contributed by atoms with Gasteiger partial charge in [0.25, 0.3) is 5.91 Å². The number of rotatable bonds is 5. The Morgan fingerprint density at radius 1 is 1.07 bits per heavy atom. The van der Waals surface area contributed by atoms with Crippen molar-refractivity contribution in [1.82, 2.24) is 20.0 Å². The number of halogens is 2. The lowest BCUT2D eigenvalue weighted by atomic mass is 10.2. The number of H-pyrrole nitrogens is 1. The zero-order valence-electron chi connectivity index (χ0n) is 16.2. The van der Waals surface area contributed by atoms with E-state index in [1.54, 1.807) is 18.2 Å². The van der Waals surface area contributed by atoms with Crippen LogP contribution in [0.1, 0.15) is 16.9 Å². The van der Waals surface area contributed by atoms with Gasteiger partial charge in [0.2, 0.25) is 5.91 Å². The first-order valence-electron chi connectivity index (χ1n) is 9.71. The van der Waals surface area contributed by atoms with Gasteiger partial charge in [0.15, 0.2) is 5.69 Å². The molecule has 7 nitrogen and oxygen atoms in total. The molecular formula is C21H21Cl2N5O2. The van der Waals surface area contributed by atoms with Gasteiger partial charge in [0, 0.05) is 49.6 Å². The van der Waals surface area contributed by atoms with Gasteiger partial charge in [0.1, 0.15) is 0 Å². The quantitative estimate of drug-likeness (QED) is 0.627. The van der Waals surface area contributed by atoms with Gasteiger partial charge in [-0.2, -0.15) is 5.10 Å². The number of anilines is 1. The summed E-state index contributed by atoms with van der Waals surface area (Å²) in [5.74, 6) is -0.193. The molecule has 1 fully saturated rings. The maximum atomic E-state index is 12.8. The van der Waals surface area contributed by atoms with Gasteiger partial charge >= 0.3 is 0 Å². The number of amides is 2. The van der Waals surface area contributed by atoms with Crippen LogP contribution in [0.2, 0.25) is 10.0 Å². The number of benzene rings is 2. The summed E-state index contributed by atoms with van der Waals surface area (Å²) in [7, 11) is 0. The molecule has 0 spiro atoms. The zero-order valence-corrected chi connectivity index (χ0v) is 17.7. The molecule has 0 saturated carbocycles. The first kappa shape index (κ1) is 20.7. The number of piperazine rings is 1. The van der Waals surface area contributed by atoms with E-state index < -0.39 is 0 Å². The van der Waals surface area contributed by atoms with Crippen molar-refractivity contribution in [3.63, 3.8) is 0 Å². The van der Waals surface area contributed by atoms with E-state index >= 15 is 0 Å². The molecule has 2 aromatic carbocycles. The predicted octanol–water partition coefficient (Wildman–Crippen LogP) is 3.66. The van der Waals surface area contributed by atoms with Crippen molar-refractivity contribution in [2.45, 2.75) is 6.42 Å². The molecule has 3 aromatic rings. The molecule has 1 aliphatic rings. The van der Waals surface area contributed by atoms with Crippen molar-refractivity contribution in [3.05, 3.63) is 58.2 Å². The maximum Gasteiger partial charge on any atom is 0.275 e. The third-order valence-corrected chi connectivity index (χ3v) is 5.75. The van der Waals surface area contributed by atoms with Crippen LogP contribution in [0.5, 0.6) is 0 Å². The lowest BCUT2D eigenvalue weighted by Crippen LogP contribution is -2.49. The number of hydrogen-bond acceptors (Lipinski definition) is 4. The predicted molar refractivity (Wildman–Crippen MR) is 118 cm³/mol. The normalized spacial score (nSPS) is 14.8. The van der Waals surface area contributed by atoms with Gasteiger partial charge in [0.05, 0.1) is 16.2 Å². The Balaban J connectivity index is 1.27. The molecule has 1 aromatic heterocycles. The largest absolute Gasteiger partial charge is 0.335 e. The minimum atomic E-state index is -0.124. The third kappa shape index (κ3) is 4.59. The SMILES string of the molecule is O=C(CCN1CCN(C(=O)c2n[nH]c3ccccc23)CC1)Nc1cc(Cl)ccc1Cl. The molecule has 0 bridgehead atoms.